The molecule has 0 aliphatic heterocycles. The molecule has 0 saturated heterocycles. The van der Waals surface area contributed by atoms with Crippen LogP contribution in [0.2, 0.25) is 0 Å². The summed E-state index contributed by atoms with van der Waals surface area (Å²) >= 11 is 0. The van der Waals surface area contributed by atoms with Crippen molar-refractivity contribution in [2.75, 3.05) is 10.6 Å². The largest absolute Gasteiger partial charge is 0.322 e. The van der Waals surface area contributed by atoms with Gasteiger partial charge in [0.1, 0.15) is 11.6 Å². The molecule has 0 aliphatic carbocycles. The number of amides is 2. The van der Waals surface area contributed by atoms with Crippen molar-refractivity contribution in [3.63, 3.8) is 0 Å². The van der Waals surface area contributed by atoms with Gasteiger partial charge in [-0.1, -0.05) is 12.1 Å². The van der Waals surface area contributed by atoms with Crippen LogP contribution in [-0.2, 0) is 9.59 Å². The van der Waals surface area contributed by atoms with Crippen molar-refractivity contribution < 1.29 is 18.4 Å². The van der Waals surface area contributed by atoms with E-state index in [1.807, 2.05) is 0 Å². The number of benzene rings is 2. The van der Waals surface area contributed by atoms with E-state index in [9.17, 15) is 18.4 Å². The minimum atomic E-state index is -0.580. The van der Waals surface area contributed by atoms with Crippen LogP contribution in [0.25, 0.3) is 0 Å². The summed E-state index contributed by atoms with van der Waals surface area (Å²) < 4.78 is 26.8. The van der Waals surface area contributed by atoms with Crippen LogP contribution in [0, 0.1) is 25.5 Å². The molecule has 2 aromatic rings. The molecule has 124 valence electrons. The Morgan fingerprint density at radius 2 is 1.17 bits per heavy atom. The van der Waals surface area contributed by atoms with E-state index in [1.165, 1.54) is 24.3 Å². The van der Waals surface area contributed by atoms with Gasteiger partial charge < -0.3 is 10.6 Å². The van der Waals surface area contributed by atoms with Crippen molar-refractivity contribution in [3.05, 3.63) is 71.3 Å². The number of hydrogen-bond acceptors (Lipinski definition) is 2. The molecule has 0 fully saturated rings. The van der Waals surface area contributed by atoms with Gasteiger partial charge in [0.05, 0.1) is 0 Å². The molecule has 2 N–H and O–H groups in total. The predicted octanol–water partition coefficient (Wildman–Crippen LogP) is 3.72. The van der Waals surface area contributed by atoms with Crippen LogP contribution >= 0.6 is 0 Å². The number of carbonyl (C=O) groups is 2. The molecular weight excluding hydrogens is 314 g/mol. The van der Waals surface area contributed by atoms with Crippen LogP contribution in [0.1, 0.15) is 11.1 Å². The van der Waals surface area contributed by atoms with Gasteiger partial charge in [0.15, 0.2) is 0 Å². The van der Waals surface area contributed by atoms with Crippen LogP contribution in [0.4, 0.5) is 20.2 Å². The summed E-state index contributed by atoms with van der Waals surface area (Å²) in [6, 6.07) is 8.56. The molecule has 0 aromatic heterocycles. The maximum absolute atomic E-state index is 13.4. The normalized spacial score (nSPS) is 10.7. The van der Waals surface area contributed by atoms with Gasteiger partial charge in [-0.25, -0.2) is 8.78 Å². The first-order valence-corrected chi connectivity index (χ1v) is 7.17. The van der Waals surface area contributed by atoms with Crippen LogP contribution < -0.4 is 10.6 Å². The molecule has 0 bridgehead atoms. The molecule has 4 nitrogen and oxygen atoms in total. The Morgan fingerprint density at radius 1 is 0.792 bits per heavy atom. The van der Waals surface area contributed by atoms with Crippen molar-refractivity contribution in [3.8, 4) is 0 Å². The van der Waals surface area contributed by atoms with Crippen LogP contribution in [0.5, 0.6) is 0 Å². The molecule has 6 heteroatoms. The van der Waals surface area contributed by atoms with Gasteiger partial charge in [-0.3, -0.25) is 9.59 Å². The highest BCUT2D eigenvalue weighted by Crippen LogP contribution is 2.14. The number of rotatable bonds is 4. The minimum Gasteiger partial charge on any atom is -0.322 e. The molecule has 2 aromatic carbocycles. The zero-order valence-corrected chi connectivity index (χ0v) is 13.2. The molecule has 24 heavy (non-hydrogen) atoms. The van der Waals surface area contributed by atoms with E-state index >= 15 is 0 Å². The Balaban J connectivity index is 1.93. The first-order valence-electron chi connectivity index (χ1n) is 7.17. The van der Waals surface area contributed by atoms with Crippen molar-refractivity contribution in [2.24, 2.45) is 0 Å². The van der Waals surface area contributed by atoms with Crippen LogP contribution in [0.15, 0.2) is 48.6 Å². The monoisotopic (exact) mass is 330 g/mol. The van der Waals surface area contributed by atoms with Crippen LogP contribution in [-0.4, -0.2) is 11.8 Å². The second-order valence-corrected chi connectivity index (χ2v) is 5.24. The lowest BCUT2D eigenvalue weighted by Gasteiger charge is -2.05. The van der Waals surface area contributed by atoms with E-state index in [0.717, 1.165) is 12.2 Å². The van der Waals surface area contributed by atoms with Gasteiger partial charge in [-0.15, -0.1) is 0 Å². The van der Waals surface area contributed by atoms with Crippen molar-refractivity contribution >= 4 is 23.2 Å². The highest BCUT2D eigenvalue weighted by atomic mass is 19.1. The maximum atomic E-state index is 13.4. The fraction of sp³-hybridized carbons (Fsp3) is 0.111. The third kappa shape index (κ3) is 4.74. The Bertz CT molecular complexity index is 749. The van der Waals surface area contributed by atoms with Crippen molar-refractivity contribution in [1.82, 2.24) is 0 Å². The Hall–Kier alpha value is -3.02. The summed E-state index contributed by atoms with van der Waals surface area (Å²) in [6.45, 7) is 3.22. The summed E-state index contributed by atoms with van der Waals surface area (Å²) in [6.07, 6.45) is 2.02. The van der Waals surface area contributed by atoms with Gasteiger partial charge >= 0.3 is 0 Å². The summed E-state index contributed by atoms with van der Waals surface area (Å²) in [5.41, 5.74) is 1.50. The van der Waals surface area contributed by atoms with E-state index in [0.29, 0.717) is 11.1 Å². The molecule has 0 atom stereocenters. The van der Waals surface area contributed by atoms with Gasteiger partial charge in [0.25, 0.3) is 0 Å². The highest BCUT2D eigenvalue weighted by molar-refractivity contribution is 6.06. The average Bonchev–Trinajstić information content (AvgIpc) is 2.53. The second-order valence-electron chi connectivity index (χ2n) is 5.24. The fourth-order valence-electron chi connectivity index (χ4n) is 1.86. The first-order chi connectivity index (χ1) is 11.3. The third-order valence-corrected chi connectivity index (χ3v) is 3.26. The number of carbonyl (C=O) groups excluding carboxylic acids is 2. The zero-order valence-electron chi connectivity index (χ0n) is 13.2. The molecule has 0 aliphatic rings. The second kappa shape index (κ2) is 7.50. The van der Waals surface area contributed by atoms with E-state index < -0.39 is 23.4 Å². The highest BCUT2D eigenvalue weighted by Gasteiger charge is 2.04. The van der Waals surface area contributed by atoms with Gasteiger partial charge in [0, 0.05) is 23.5 Å². The Labute approximate surface area is 138 Å². The van der Waals surface area contributed by atoms with Gasteiger partial charge in [0.2, 0.25) is 11.8 Å². The number of aryl methyl sites for hydroxylation is 2. The fourth-order valence-corrected chi connectivity index (χ4v) is 1.86. The lowest BCUT2D eigenvalue weighted by atomic mass is 10.2. The zero-order chi connectivity index (χ0) is 17.7. The molecule has 0 unspecified atom stereocenters. The predicted molar refractivity (Wildman–Crippen MR) is 88.7 cm³/mol. The van der Waals surface area contributed by atoms with E-state index in [2.05, 4.69) is 10.6 Å². The average molecular weight is 330 g/mol. The van der Waals surface area contributed by atoms with E-state index in [4.69, 9.17) is 0 Å². The van der Waals surface area contributed by atoms with Gasteiger partial charge in [-0.05, 0) is 49.2 Å². The molecule has 0 saturated carbocycles. The number of anilines is 2. The summed E-state index contributed by atoms with van der Waals surface area (Å²) in [4.78, 5) is 23.4. The molecule has 2 rings (SSSR count). The topological polar surface area (TPSA) is 58.2 Å². The first kappa shape index (κ1) is 17.3. The quantitative estimate of drug-likeness (QED) is 0.840. The lowest BCUT2D eigenvalue weighted by molar-refractivity contribution is -0.114. The molecule has 0 spiro atoms. The van der Waals surface area contributed by atoms with E-state index in [-0.39, 0.29) is 11.4 Å². The molecule has 2 amide bonds. The SMILES string of the molecule is Cc1ccc(NC(=O)/C=C/C(=O)Nc2ccc(C)c(F)c2)cc1F. The summed E-state index contributed by atoms with van der Waals surface area (Å²) in [5.74, 6) is -2.03. The Kier molecular flexibility index (Phi) is 5.42. The van der Waals surface area contributed by atoms with Crippen molar-refractivity contribution in [2.45, 2.75) is 13.8 Å². The lowest BCUT2D eigenvalue weighted by Crippen LogP contribution is -2.12. The van der Waals surface area contributed by atoms with E-state index in [1.54, 1.807) is 26.0 Å². The molecule has 0 radical (unpaired) electrons. The summed E-state index contributed by atoms with van der Waals surface area (Å²) in [5, 5.41) is 4.88. The van der Waals surface area contributed by atoms with Gasteiger partial charge in [-0.2, -0.15) is 0 Å². The Morgan fingerprint density at radius 3 is 1.50 bits per heavy atom. The molecule has 0 heterocycles. The standard InChI is InChI=1S/C18H16F2N2O2/c1-11-3-5-13(9-15(11)19)21-17(23)7-8-18(24)22-14-6-4-12(2)16(20)10-14/h3-10H,1-2H3,(H,21,23)(H,22,24)/b8-7+. The number of halogens is 2. The van der Waals surface area contributed by atoms with Crippen LogP contribution in [0.3, 0.4) is 0 Å². The maximum Gasteiger partial charge on any atom is 0.248 e. The summed E-state index contributed by atoms with van der Waals surface area (Å²) in [7, 11) is 0. The minimum absolute atomic E-state index is 0.286. The number of nitrogens with one attached hydrogen (secondary N) is 2. The van der Waals surface area contributed by atoms with Crippen molar-refractivity contribution in [1.29, 1.82) is 0 Å². The number of hydrogen-bond donors (Lipinski definition) is 2. The molecular formula is C18H16F2N2O2. The third-order valence-electron chi connectivity index (χ3n) is 3.26. The smallest absolute Gasteiger partial charge is 0.248 e.